The van der Waals surface area contributed by atoms with Crippen LogP contribution >= 0.6 is 0 Å². The van der Waals surface area contributed by atoms with Crippen molar-refractivity contribution in [1.82, 2.24) is 5.32 Å². The summed E-state index contributed by atoms with van der Waals surface area (Å²) in [5.41, 5.74) is 2.29. The molecule has 0 atom stereocenters. The standard InChI is InChI=1S/C18H18FNO3/c1-13-3-2-4-15(11-13)18(22)23-12-17(21)20-10-9-14-5-7-16(19)8-6-14/h2-8,11H,9-10,12H2,1H3,(H,20,21). The number of aryl methyl sites for hydroxylation is 1. The first-order valence-corrected chi connectivity index (χ1v) is 7.29. The van der Waals surface area contributed by atoms with Gasteiger partial charge in [-0.2, -0.15) is 0 Å². The summed E-state index contributed by atoms with van der Waals surface area (Å²) in [5.74, 6) is -1.18. The lowest BCUT2D eigenvalue weighted by molar-refractivity contribution is -0.124. The SMILES string of the molecule is Cc1cccc(C(=O)OCC(=O)NCCc2ccc(F)cc2)c1. The molecule has 0 unspecified atom stereocenters. The summed E-state index contributed by atoms with van der Waals surface area (Å²) in [7, 11) is 0. The number of halogens is 1. The minimum Gasteiger partial charge on any atom is -0.452 e. The normalized spacial score (nSPS) is 10.2. The van der Waals surface area contributed by atoms with E-state index in [-0.39, 0.29) is 18.3 Å². The Morgan fingerprint density at radius 2 is 1.87 bits per heavy atom. The summed E-state index contributed by atoms with van der Waals surface area (Å²) in [6.07, 6.45) is 0.581. The van der Waals surface area contributed by atoms with Crippen LogP contribution in [0, 0.1) is 12.7 Å². The largest absolute Gasteiger partial charge is 0.452 e. The molecule has 1 N–H and O–H groups in total. The van der Waals surface area contributed by atoms with Crippen LogP contribution in [0.2, 0.25) is 0 Å². The molecular formula is C18H18FNO3. The van der Waals surface area contributed by atoms with Crippen LogP contribution in [0.1, 0.15) is 21.5 Å². The second kappa shape index (κ2) is 8.08. The molecule has 0 fully saturated rings. The summed E-state index contributed by atoms with van der Waals surface area (Å²) in [5, 5.41) is 2.65. The van der Waals surface area contributed by atoms with Crippen molar-refractivity contribution in [2.45, 2.75) is 13.3 Å². The molecule has 0 aliphatic carbocycles. The van der Waals surface area contributed by atoms with Crippen molar-refractivity contribution in [3.05, 3.63) is 71.0 Å². The third-order valence-electron chi connectivity index (χ3n) is 3.24. The molecule has 23 heavy (non-hydrogen) atoms. The molecule has 0 aliphatic rings. The smallest absolute Gasteiger partial charge is 0.338 e. The lowest BCUT2D eigenvalue weighted by Gasteiger charge is -2.07. The van der Waals surface area contributed by atoms with Gasteiger partial charge >= 0.3 is 5.97 Å². The Balaban J connectivity index is 1.70. The predicted octanol–water partition coefficient (Wildman–Crippen LogP) is 2.65. The number of esters is 1. The molecule has 2 aromatic rings. The lowest BCUT2D eigenvalue weighted by atomic mass is 10.1. The van der Waals surface area contributed by atoms with Crippen molar-refractivity contribution in [3.63, 3.8) is 0 Å². The monoisotopic (exact) mass is 315 g/mol. The van der Waals surface area contributed by atoms with E-state index >= 15 is 0 Å². The Bertz CT molecular complexity index is 683. The van der Waals surface area contributed by atoms with Crippen molar-refractivity contribution >= 4 is 11.9 Å². The summed E-state index contributed by atoms with van der Waals surface area (Å²) >= 11 is 0. The fourth-order valence-corrected chi connectivity index (χ4v) is 2.03. The number of rotatable bonds is 6. The van der Waals surface area contributed by atoms with Gasteiger partial charge in [-0.25, -0.2) is 9.18 Å². The van der Waals surface area contributed by atoms with Gasteiger partial charge in [-0.05, 0) is 43.2 Å². The quantitative estimate of drug-likeness (QED) is 0.834. The number of carbonyl (C=O) groups excluding carboxylic acids is 2. The van der Waals surface area contributed by atoms with Crippen molar-refractivity contribution in [2.24, 2.45) is 0 Å². The van der Waals surface area contributed by atoms with Gasteiger partial charge in [-0.15, -0.1) is 0 Å². The fourth-order valence-electron chi connectivity index (χ4n) is 2.03. The number of hydrogen-bond acceptors (Lipinski definition) is 3. The van der Waals surface area contributed by atoms with Crippen molar-refractivity contribution in [1.29, 1.82) is 0 Å². The second-order valence-electron chi connectivity index (χ2n) is 5.17. The van der Waals surface area contributed by atoms with Crippen LogP contribution in [0.25, 0.3) is 0 Å². The average molecular weight is 315 g/mol. The zero-order chi connectivity index (χ0) is 16.7. The number of nitrogens with one attached hydrogen (secondary N) is 1. The first-order chi connectivity index (χ1) is 11.0. The maximum atomic E-state index is 12.8. The molecule has 2 rings (SSSR count). The Hall–Kier alpha value is -2.69. The third kappa shape index (κ3) is 5.54. The molecule has 0 saturated heterocycles. The molecular weight excluding hydrogens is 297 g/mol. The van der Waals surface area contributed by atoms with Crippen LogP contribution in [0.3, 0.4) is 0 Å². The number of hydrogen-bond donors (Lipinski definition) is 1. The summed E-state index contributed by atoms with van der Waals surface area (Å²) in [4.78, 5) is 23.4. The molecule has 0 aliphatic heterocycles. The maximum absolute atomic E-state index is 12.8. The van der Waals surface area contributed by atoms with E-state index in [0.29, 0.717) is 18.5 Å². The van der Waals surface area contributed by atoms with E-state index in [2.05, 4.69) is 5.32 Å². The Morgan fingerprint density at radius 3 is 2.57 bits per heavy atom. The highest BCUT2D eigenvalue weighted by molar-refractivity contribution is 5.91. The van der Waals surface area contributed by atoms with E-state index in [4.69, 9.17) is 4.74 Å². The van der Waals surface area contributed by atoms with Crippen LogP contribution in [0.15, 0.2) is 48.5 Å². The topological polar surface area (TPSA) is 55.4 Å². The number of ether oxygens (including phenoxy) is 1. The minimum absolute atomic E-state index is 0.291. The predicted molar refractivity (Wildman–Crippen MR) is 84.6 cm³/mol. The average Bonchev–Trinajstić information content (AvgIpc) is 2.54. The van der Waals surface area contributed by atoms with Crippen molar-refractivity contribution < 1.29 is 18.7 Å². The zero-order valence-corrected chi connectivity index (χ0v) is 12.8. The van der Waals surface area contributed by atoms with Gasteiger partial charge in [0.2, 0.25) is 0 Å². The first-order valence-electron chi connectivity index (χ1n) is 7.29. The van der Waals surface area contributed by atoms with Gasteiger partial charge < -0.3 is 10.1 Å². The first kappa shape index (κ1) is 16.7. The summed E-state index contributed by atoms with van der Waals surface area (Å²) < 4.78 is 17.7. The van der Waals surface area contributed by atoms with Gasteiger partial charge in [-0.3, -0.25) is 4.79 Å². The van der Waals surface area contributed by atoms with Crippen molar-refractivity contribution in [3.8, 4) is 0 Å². The molecule has 5 heteroatoms. The Morgan fingerprint density at radius 1 is 1.13 bits per heavy atom. The van der Waals surface area contributed by atoms with Crippen LogP contribution in [0.5, 0.6) is 0 Å². The lowest BCUT2D eigenvalue weighted by Crippen LogP contribution is -2.30. The van der Waals surface area contributed by atoms with Gasteiger partial charge in [0.25, 0.3) is 5.91 Å². The van der Waals surface area contributed by atoms with Gasteiger partial charge in [0, 0.05) is 6.54 Å². The fraction of sp³-hybridized carbons (Fsp3) is 0.222. The minimum atomic E-state index is -0.526. The molecule has 0 heterocycles. The molecule has 1 amide bonds. The highest BCUT2D eigenvalue weighted by Gasteiger charge is 2.09. The van der Waals surface area contributed by atoms with E-state index in [1.807, 2.05) is 13.0 Å². The molecule has 2 aromatic carbocycles. The van der Waals surface area contributed by atoms with E-state index in [1.165, 1.54) is 12.1 Å². The summed E-state index contributed by atoms with van der Waals surface area (Å²) in [6.45, 7) is 1.95. The number of benzene rings is 2. The van der Waals surface area contributed by atoms with Crippen LogP contribution < -0.4 is 5.32 Å². The third-order valence-corrected chi connectivity index (χ3v) is 3.24. The van der Waals surface area contributed by atoms with Crippen LogP contribution in [0.4, 0.5) is 4.39 Å². The molecule has 120 valence electrons. The maximum Gasteiger partial charge on any atom is 0.338 e. The van der Waals surface area contributed by atoms with Crippen LogP contribution in [-0.4, -0.2) is 25.0 Å². The Labute approximate surface area is 134 Å². The highest BCUT2D eigenvalue weighted by Crippen LogP contribution is 2.05. The zero-order valence-electron chi connectivity index (χ0n) is 12.8. The highest BCUT2D eigenvalue weighted by atomic mass is 19.1. The Kier molecular flexibility index (Phi) is 5.86. The summed E-state index contributed by atoms with van der Waals surface area (Å²) in [6, 6.07) is 13.1. The number of amides is 1. The second-order valence-corrected chi connectivity index (χ2v) is 5.17. The van der Waals surface area contributed by atoms with Gasteiger partial charge in [0.1, 0.15) is 5.82 Å². The number of carbonyl (C=O) groups is 2. The van der Waals surface area contributed by atoms with Crippen molar-refractivity contribution in [2.75, 3.05) is 13.2 Å². The van der Waals surface area contributed by atoms with Gasteiger partial charge in [-0.1, -0.05) is 29.8 Å². The van der Waals surface area contributed by atoms with E-state index in [9.17, 15) is 14.0 Å². The van der Waals surface area contributed by atoms with Gasteiger partial charge in [0.05, 0.1) is 5.56 Å². The van der Waals surface area contributed by atoms with E-state index in [0.717, 1.165) is 11.1 Å². The van der Waals surface area contributed by atoms with Crippen LogP contribution in [-0.2, 0) is 16.0 Å². The molecule has 4 nitrogen and oxygen atoms in total. The molecule has 0 bridgehead atoms. The van der Waals surface area contributed by atoms with E-state index in [1.54, 1.807) is 30.3 Å². The molecule has 0 radical (unpaired) electrons. The molecule has 0 saturated carbocycles. The molecule has 0 aromatic heterocycles. The molecule has 0 spiro atoms. The van der Waals surface area contributed by atoms with Gasteiger partial charge in [0.15, 0.2) is 6.61 Å². The van der Waals surface area contributed by atoms with E-state index < -0.39 is 5.97 Å².